The number of carbonyl (C=O) groups excluding carboxylic acids is 10. The van der Waals surface area contributed by atoms with Gasteiger partial charge in [-0.2, -0.15) is 0 Å². The van der Waals surface area contributed by atoms with Gasteiger partial charge in [-0.15, -0.1) is 0 Å². The molecule has 400 valence electrons. The molecule has 0 radical (unpaired) electrons. The Bertz CT molecular complexity index is 2250. The van der Waals surface area contributed by atoms with Gasteiger partial charge in [0.25, 0.3) is 0 Å². The maximum atomic E-state index is 14.4. The zero-order chi connectivity index (χ0) is 53.8. The molecule has 8 atom stereocenters. The Balaban J connectivity index is 1.61. The first-order chi connectivity index (χ1) is 34.6. The minimum absolute atomic E-state index is 0.0104. The van der Waals surface area contributed by atoms with Crippen molar-refractivity contribution in [1.82, 2.24) is 42.1 Å². The summed E-state index contributed by atoms with van der Waals surface area (Å²) >= 11 is 0.671. The summed E-state index contributed by atoms with van der Waals surface area (Å²) in [6, 6.07) is 4.66. The first-order valence-electron chi connectivity index (χ1n) is 24.8. The Labute approximate surface area is 430 Å². The Hall–Kier alpha value is -6.59. The number of amides is 9. The monoisotopic (exact) mass is 1040 g/mol. The molecule has 0 saturated carbocycles. The van der Waals surface area contributed by atoms with Crippen molar-refractivity contribution in [2.45, 2.75) is 140 Å². The Kier molecular flexibility index (Phi) is 23.6. The molecule has 14 N–H and O–H groups in total. The van der Waals surface area contributed by atoms with Gasteiger partial charge in [0.1, 0.15) is 42.0 Å². The number of hydrogen-bond donors (Lipinski definition) is 11. The zero-order valence-electron chi connectivity index (χ0n) is 42.0. The SMILES string of the molecule is CC(C)C[C@@H]1NC(=O)[C@@H](NC(=O)[C@@H]2CCCN2C(=O)[C@H](CC(N)=O)NC(=O)[C@H](Cc2ccc(O)cc2)NC(=O)[C@@H](N)CCCCN)CSC(=O)[C@H](CC(C)C)NC(=O)[C@H](Cc2ccccc2)NC(=O)CNC1=O. The number of nitrogens with two attached hydrogens (primary N) is 3. The topological polar surface area (TPSA) is 356 Å². The lowest BCUT2D eigenvalue weighted by Gasteiger charge is -2.31. The molecule has 2 saturated heterocycles. The number of rotatable bonds is 21. The van der Waals surface area contributed by atoms with Gasteiger partial charge >= 0.3 is 0 Å². The number of nitrogens with one attached hydrogen (secondary N) is 7. The number of hydrogen-bond acceptors (Lipinski definition) is 14. The number of likely N-dealkylation sites (tertiary alicyclic amines) is 1. The molecule has 2 fully saturated rings. The maximum absolute atomic E-state index is 14.4. The third kappa shape index (κ3) is 19.4. The van der Waals surface area contributed by atoms with Gasteiger partial charge in [-0.3, -0.25) is 47.9 Å². The van der Waals surface area contributed by atoms with E-state index < -0.39 is 120 Å². The van der Waals surface area contributed by atoms with Crippen molar-refractivity contribution in [3.63, 3.8) is 0 Å². The van der Waals surface area contributed by atoms with Gasteiger partial charge in [0.2, 0.25) is 58.3 Å². The lowest BCUT2D eigenvalue weighted by molar-refractivity contribution is -0.143. The summed E-state index contributed by atoms with van der Waals surface area (Å²) in [5, 5.41) is 27.8. The van der Waals surface area contributed by atoms with Gasteiger partial charge in [-0.25, -0.2) is 0 Å². The van der Waals surface area contributed by atoms with Crippen molar-refractivity contribution in [2.24, 2.45) is 29.0 Å². The zero-order valence-corrected chi connectivity index (χ0v) is 42.8. The molecule has 73 heavy (non-hydrogen) atoms. The molecule has 0 aliphatic carbocycles. The predicted molar refractivity (Wildman–Crippen MR) is 272 cm³/mol. The maximum Gasteiger partial charge on any atom is 0.246 e. The normalized spacial score (nSPS) is 21.5. The van der Waals surface area contributed by atoms with Gasteiger partial charge in [-0.1, -0.05) is 88.3 Å². The molecule has 2 aliphatic heterocycles. The highest BCUT2D eigenvalue weighted by Gasteiger charge is 2.41. The van der Waals surface area contributed by atoms with Crippen molar-refractivity contribution >= 4 is 70.0 Å². The van der Waals surface area contributed by atoms with Crippen LogP contribution in [0.3, 0.4) is 0 Å². The second-order valence-corrected chi connectivity index (χ2v) is 20.4. The molecule has 0 spiro atoms. The molecule has 0 unspecified atom stereocenters. The molecule has 9 amide bonds. The van der Waals surface area contributed by atoms with E-state index in [1.807, 2.05) is 27.7 Å². The summed E-state index contributed by atoms with van der Waals surface area (Å²) in [6.45, 7) is 7.17. The molecule has 0 aromatic heterocycles. The van der Waals surface area contributed by atoms with Crippen LogP contribution in [0, 0.1) is 11.8 Å². The number of benzene rings is 2. The van der Waals surface area contributed by atoms with E-state index in [9.17, 15) is 53.1 Å². The van der Waals surface area contributed by atoms with Crippen LogP contribution in [0.2, 0.25) is 0 Å². The largest absolute Gasteiger partial charge is 0.508 e. The van der Waals surface area contributed by atoms with E-state index >= 15 is 0 Å². The highest BCUT2D eigenvalue weighted by Crippen LogP contribution is 2.22. The van der Waals surface area contributed by atoms with Crippen LogP contribution in [0.25, 0.3) is 0 Å². The van der Waals surface area contributed by atoms with Crippen LogP contribution in [0.5, 0.6) is 5.75 Å². The Morgan fingerprint density at radius 2 is 1.42 bits per heavy atom. The minimum Gasteiger partial charge on any atom is -0.508 e. The molecular formula is C50H73N11O11S. The van der Waals surface area contributed by atoms with Crippen LogP contribution in [0.15, 0.2) is 54.6 Å². The van der Waals surface area contributed by atoms with Crippen LogP contribution in [0.1, 0.15) is 90.2 Å². The average Bonchev–Trinajstić information content (AvgIpc) is 3.84. The standard InChI is InChI=1S/C50H73N11O11S/c1-28(2)21-34-44(66)54-26-42(64)55-35(23-30-11-6-5-7-12-30)45(67)59-38(22-29(3)4)50(72)73-27-39(47(69)57-34)60-48(70)40-14-10-20-61(40)49(71)37(25-41(53)63)58-46(68)36(24-31-15-17-32(62)18-16-31)56-43(65)33(52)13-8-9-19-51/h5-7,11-12,15-18,28-29,33-40,62H,8-10,13-14,19-27,51-52H2,1-4H3,(H2,53,63)(H,54,66)(H,55,64)(H,56,65)(H,57,69)(H,58,68)(H,59,67)(H,60,70)/t33-,34-,35-,36-,37-,38-,39-,40-/m0/s1. The lowest BCUT2D eigenvalue weighted by Crippen LogP contribution is -2.60. The minimum atomic E-state index is -1.62. The number of nitrogens with zero attached hydrogens (tertiary/aromatic N) is 1. The summed E-state index contributed by atoms with van der Waals surface area (Å²) in [7, 11) is 0. The molecule has 2 aromatic carbocycles. The number of primary amides is 1. The molecule has 2 aliphatic rings. The van der Waals surface area contributed by atoms with Crippen molar-refractivity contribution in [3.8, 4) is 5.75 Å². The second-order valence-electron chi connectivity index (χ2n) is 19.3. The van der Waals surface area contributed by atoms with Gasteiger partial charge in [0.15, 0.2) is 0 Å². The van der Waals surface area contributed by atoms with E-state index in [1.54, 1.807) is 30.3 Å². The van der Waals surface area contributed by atoms with Crippen molar-refractivity contribution < 1.29 is 53.1 Å². The first-order valence-corrected chi connectivity index (χ1v) is 25.8. The van der Waals surface area contributed by atoms with Crippen molar-refractivity contribution in [2.75, 3.05) is 25.4 Å². The van der Waals surface area contributed by atoms with Crippen LogP contribution in [-0.2, 0) is 60.8 Å². The third-order valence-electron chi connectivity index (χ3n) is 12.2. The third-order valence-corrected chi connectivity index (χ3v) is 13.3. The molecule has 22 nitrogen and oxygen atoms in total. The molecule has 23 heteroatoms. The summed E-state index contributed by atoms with van der Waals surface area (Å²) in [5.74, 6) is -7.75. The summed E-state index contributed by atoms with van der Waals surface area (Å²) in [5.41, 5.74) is 18.6. The molecule has 2 heterocycles. The average molecular weight is 1040 g/mol. The van der Waals surface area contributed by atoms with E-state index in [0.717, 1.165) is 10.5 Å². The molecular weight excluding hydrogens is 963 g/mol. The van der Waals surface area contributed by atoms with Gasteiger partial charge in [-0.05, 0) is 80.2 Å². The quantitative estimate of drug-likeness (QED) is 0.0661. The van der Waals surface area contributed by atoms with Crippen LogP contribution in [0.4, 0.5) is 0 Å². The van der Waals surface area contributed by atoms with Gasteiger partial charge in [0, 0.05) is 25.1 Å². The van der Waals surface area contributed by atoms with E-state index in [1.165, 1.54) is 24.3 Å². The molecule has 0 bridgehead atoms. The molecule has 4 rings (SSSR count). The number of unbranched alkanes of at least 4 members (excludes halogenated alkanes) is 1. The lowest BCUT2D eigenvalue weighted by atomic mass is 10.0. The van der Waals surface area contributed by atoms with Gasteiger partial charge < -0.3 is 64.4 Å². The fourth-order valence-corrected chi connectivity index (χ4v) is 9.34. The number of thioether (sulfide) groups is 1. The van der Waals surface area contributed by atoms with Crippen LogP contribution >= 0.6 is 11.8 Å². The smallest absolute Gasteiger partial charge is 0.246 e. The van der Waals surface area contributed by atoms with Gasteiger partial charge in [0.05, 0.1) is 25.0 Å². The predicted octanol–water partition coefficient (Wildman–Crippen LogP) is -1.11. The Morgan fingerprint density at radius 3 is 2.07 bits per heavy atom. The molecule has 2 aromatic rings. The summed E-state index contributed by atoms with van der Waals surface area (Å²) in [4.78, 5) is 139. The number of phenols is 1. The van der Waals surface area contributed by atoms with E-state index in [-0.39, 0.29) is 68.4 Å². The highest BCUT2D eigenvalue weighted by molar-refractivity contribution is 8.13. The van der Waals surface area contributed by atoms with Crippen molar-refractivity contribution in [3.05, 3.63) is 65.7 Å². The fourth-order valence-electron chi connectivity index (χ4n) is 8.42. The number of aromatic hydroxyl groups is 1. The van der Waals surface area contributed by atoms with Crippen LogP contribution < -0.4 is 54.4 Å². The van der Waals surface area contributed by atoms with Crippen molar-refractivity contribution in [1.29, 1.82) is 0 Å². The first kappa shape index (κ1) is 59.0. The van der Waals surface area contributed by atoms with E-state index in [4.69, 9.17) is 17.2 Å². The van der Waals surface area contributed by atoms with Crippen LogP contribution in [-0.4, -0.2) is 142 Å². The Morgan fingerprint density at radius 1 is 0.781 bits per heavy atom. The second kappa shape index (κ2) is 29.2. The summed E-state index contributed by atoms with van der Waals surface area (Å²) in [6.07, 6.45) is 1.38. The summed E-state index contributed by atoms with van der Waals surface area (Å²) < 4.78 is 0. The number of phenolic OH excluding ortho intramolecular Hbond substituents is 1. The number of carbonyl (C=O) groups is 10. The highest BCUT2D eigenvalue weighted by atomic mass is 32.2. The van der Waals surface area contributed by atoms with E-state index in [2.05, 4.69) is 37.2 Å². The fraction of sp³-hybridized carbons (Fsp3) is 0.560. The van der Waals surface area contributed by atoms with E-state index in [0.29, 0.717) is 43.1 Å².